The van der Waals surface area contributed by atoms with Gasteiger partial charge in [-0.15, -0.1) is 0 Å². The van der Waals surface area contributed by atoms with Crippen LogP contribution in [0.3, 0.4) is 0 Å². The van der Waals surface area contributed by atoms with Crippen LogP contribution in [0.2, 0.25) is 10.0 Å². The van der Waals surface area contributed by atoms with Crippen LogP contribution in [0.1, 0.15) is 10.4 Å². The Hall–Kier alpha value is -2.42. The zero-order chi connectivity index (χ0) is 18.1. The molecule has 128 valence electrons. The molecule has 0 radical (unpaired) electrons. The van der Waals surface area contributed by atoms with Crippen LogP contribution in [0.25, 0.3) is 10.2 Å². The number of hydrogen-bond acceptors (Lipinski definition) is 6. The first-order valence-corrected chi connectivity index (χ1v) is 8.35. The summed E-state index contributed by atoms with van der Waals surface area (Å²) < 4.78 is 5.66. The van der Waals surface area contributed by atoms with Crippen molar-refractivity contribution in [2.75, 3.05) is 12.4 Å². The molecule has 0 spiro atoms. The number of amides is 1. The Morgan fingerprint density at radius 3 is 2.52 bits per heavy atom. The fourth-order valence-corrected chi connectivity index (χ4v) is 3.59. The highest BCUT2D eigenvalue weighted by Gasteiger charge is 2.18. The van der Waals surface area contributed by atoms with Gasteiger partial charge in [0.1, 0.15) is 5.52 Å². The van der Waals surface area contributed by atoms with Crippen molar-refractivity contribution in [1.29, 1.82) is 0 Å². The van der Waals surface area contributed by atoms with Gasteiger partial charge in [0.25, 0.3) is 11.6 Å². The van der Waals surface area contributed by atoms with E-state index in [1.54, 1.807) is 0 Å². The summed E-state index contributed by atoms with van der Waals surface area (Å²) in [5.74, 6) is -0.191. The van der Waals surface area contributed by atoms with Crippen molar-refractivity contribution in [3.05, 3.63) is 56.1 Å². The van der Waals surface area contributed by atoms with Crippen molar-refractivity contribution < 1.29 is 14.5 Å². The lowest BCUT2D eigenvalue weighted by atomic mass is 10.2. The molecular weight excluding hydrogens is 389 g/mol. The Bertz CT molecular complexity index is 986. The molecule has 3 aromatic rings. The van der Waals surface area contributed by atoms with Gasteiger partial charge in [-0.25, -0.2) is 4.98 Å². The second-order valence-electron chi connectivity index (χ2n) is 4.88. The van der Waals surface area contributed by atoms with Gasteiger partial charge in [-0.1, -0.05) is 34.5 Å². The highest BCUT2D eigenvalue weighted by Crippen LogP contribution is 2.36. The first-order valence-electron chi connectivity index (χ1n) is 6.78. The lowest BCUT2D eigenvalue weighted by molar-refractivity contribution is -0.384. The van der Waals surface area contributed by atoms with Gasteiger partial charge in [-0.2, -0.15) is 0 Å². The van der Waals surface area contributed by atoms with E-state index in [1.807, 2.05) is 0 Å². The standard InChI is InChI=1S/C15H9Cl2N3O4S/c1-24-11-5-10(20(22)23)6-12-13(11)18-15(25-12)19-14(21)7-2-8(16)4-9(17)3-7/h2-6H,1H3,(H,18,19,21). The number of rotatable bonds is 4. The van der Waals surface area contributed by atoms with Crippen molar-refractivity contribution in [2.45, 2.75) is 0 Å². The molecule has 10 heteroatoms. The highest BCUT2D eigenvalue weighted by molar-refractivity contribution is 7.22. The monoisotopic (exact) mass is 397 g/mol. The number of anilines is 1. The number of non-ortho nitro benzene ring substituents is 1. The SMILES string of the molecule is COc1cc([N+](=O)[O-])cc2sc(NC(=O)c3cc(Cl)cc(Cl)c3)nc12. The lowest BCUT2D eigenvalue weighted by Crippen LogP contribution is -2.11. The molecule has 1 N–H and O–H groups in total. The number of benzene rings is 2. The van der Waals surface area contributed by atoms with Crippen molar-refractivity contribution >= 4 is 61.5 Å². The van der Waals surface area contributed by atoms with Crippen LogP contribution in [0.15, 0.2) is 30.3 Å². The first-order chi connectivity index (χ1) is 11.9. The quantitative estimate of drug-likeness (QED) is 0.505. The van der Waals surface area contributed by atoms with E-state index in [2.05, 4.69) is 10.3 Å². The first kappa shape index (κ1) is 17.4. The van der Waals surface area contributed by atoms with Crippen molar-refractivity contribution in [3.8, 4) is 5.75 Å². The van der Waals surface area contributed by atoms with E-state index in [0.717, 1.165) is 11.3 Å². The lowest BCUT2D eigenvalue weighted by Gasteiger charge is -2.03. The molecule has 0 aliphatic heterocycles. The summed E-state index contributed by atoms with van der Waals surface area (Å²) in [5.41, 5.74) is 0.583. The number of nitrogens with zero attached hydrogens (tertiary/aromatic N) is 2. The third-order valence-electron chi connectivity index (χ3n) is 3.22. The van der Waals surface area contributed by atoms with Crippen LogP contribution in [0.5, 0.6) is 5.75 Å². The summed E-state index contributed by atoms with van der Waals surface area (Å²) in [6.07, 6.45) is 0. The molecule has 0 saturated heterocycles. The number of nitrogens with one attached hydrogen (secondary N) is 1. The van der Waals surface area contributed by atoms with Crippen molar-refractivity contribution in [1.82, 2.24) is 4.98 Å². The second kappa shape index (κ2) is 6.83. The van der Waals surface area contributed by atoms with Crippen LogP contribution in [0.4, 0.5) is 10.8 Å². The van der Waals surface area contributed by atoms with Crippen LogP contribution < -0.4 is 10.1 Å². The number of carbonyl (C=O) groups is 1. The maximum atomic E-state index is 12.3. The Morgan fingerprint density at radius 2 is 1.92 bits per heavy atom. The van der Waals surface area contributed by atoms with Crippen molar-refractivity contribution in [2.24, 2.45) is 0 Å². The summed E-state index contributed by atoms with van der Waals surface area (Å²) in [6, 6.07) is 7.12. The van der Waals surface area contributed by atoms with Gasteiger partial charge in [-0.05, 0) is 18.2 Å². The molecule has 1 heterocycles. The van der Waals surface area contributed by atoms with Crippen LogP contribution in [0, 0.1) is 10.1 Å². The number of ether oxygens (including phenoxy) is 1. The van der Waals surface area contributed by atoms with E-state index in [-0.39, 0.29) is 22.1 Å². The van der Waals surface area contributed by atoms with Gasteiger partial charge in [0.15, 0.2) is 10.9 Å². The van der Waals surface area contributed by atoms with Gasteiger partial charge in [-0.3, -0.25) is 20.2 Å². The molecule has 2 aromatic carbocycles. The van der Waals surface area contributed by atoms with Gasteiger partial charge in [0.05, 0.1) is 22.8 Å². The highest BCUT2D eigenvalue weighted by atomic mass is 35.5. The minimum atomic E-state index is -0.520. The molecule has 1 amide bonds. The maximum Gasteiger partial charge on any atom is 0.274 e. The fraction of sp³-hybridized carbons (Fsp3) is 0.0667. The zero-order valence-electron chi connectivity index (χ0n) is 12.6. The summed E-state index contributed by atoms with van der Waals surface area (Å²) >= 11 is 12.9. The molecule has 7 nitrogen and oxygen atoms in total. The summed E-state index contributed by atoms with van der Waals surface area (Å²) in [5, 5.41) is 14.6. The minimum Gasteiger partial charge on any atom is -0.494 e. The average molecular weight is 398 g/mol. The summed E-state index contributed by atoms with van der Waals surface area (Å²) in [4.78, 5) is 27.1. The van der Waals surface area contributed by atoms with Crippen LogP contribution >= 0.6 is 34.5 Å². The molecule has 0 unspecified atom stereocenters. The minimum absolute atomic E-state index is 0.118. The predicted octanol–water partition coefficient (Wildman–Crippen LogP) is 4.77. The largest absolute Gasteiger partial charge is 0.494 e. The topological polar surface area (TPSA) is 94.4 Å². The number of halogens is 2. The van der Waals surface area contributed by atoms with Gasteiger partial charge in [0, 0.05) is 21.7 Å². The number of nitro benzene ring substituents is 1. The van der Waals surface area contributed by atoms with E-state index >= 15 is 0 Å². The van der Waals surface area contributed by atoms with E-state index in [1.165, 1.54) is 37.4 Å². The molecule has 0 bridgehead atoms. The molecule has 25 heavy (non-hydrogen) atoms. The maximum absolute atomic E-state index is 12.3. The van der Waals surface area contributed by atoms with Gasteiger partial charge >= 0.3 is 0 Å². The Kier molecular flexibility index (Phi) is 4.76. The fourth-order valence-electron chi connectivity index (χ4n) is 2.15. The van der Waals surface area contributed by atoms with Gasteiger partial charge < -0.3 is 4.74 Å². The number of thiazole rings is 1. The molecule has 0 aliphatic rings. The summed E-state index contributed by atoms with van der Waals surface area (Å²) in [6.45, 7) is 0. The summed E-state index contributed by atoms with van der Waals surface area (Å²) in [7, 11) is 1.39. The van der Waals surface area contributed by atoms with Gasteiger partial charge in [0.2, 0.25) is 0 Å². The number of aromatic nitrogens is 1. The number of carbonyl (C=O) groups excluding carboxylic acids is 1. The Labute approximate surface area is 155 Å². The third kappa shape index (κ3) is 3.65. The molecule has 0 atom stereocenters. The molecule has 1 aromatic heterocycles. The number of fused-ring (bicyclic) bond motifs is 1. The number of methoxy groups -OCH3 is 1. The van der Waals surface area contributed by atoms with E-state index in [4.69, 9.17) is 27.9 Å². The van der Waals surface area contributed by atoms with E-state index in [0.29, 0.717) is 20.3 Å². The molecular formula is C15H9Cl2N3O4S. The molecule has 3 rings (SSSR count). The predicted molar refractivity (Wildman–Crippen MR) is 97.2 cm³/mol. The Morgan fingerprint density at radius 1 is 1.24 bits per heavy atom. The van der Waals surface area contributed by atoms with Crippen LogP contribution in [-0.2, 0) is 0 Å². The van der Waals surface area contributed by atoms with Crippen LogP contribution in [-0.4, -0.2) is 22.9 Å². The second-order valence-corrected chi connectivity index (χ2v) is 6.79. The normalized spacial score (nSPS) is 10.7. The smallest absolute Gasteiger partial charge is 0.274 e. The molecule has 0 aliphatic carbocycles. The zero-order valence-corrected chi connectivity index (χ0v) is 14.9. The third-order valence-corrected chi connectivity index (χ3v) is 4.57. The molecule has 0 saturated carbocycles. The Balaban J connectivity index is 1.96. The number of hydrogen-bond donors (Lipinski definition) is 1. The van der Waals surface area contributed by atoms with E-state index < -0.39 is 10.8 Å². The molecule has 0 fully saturated rings. The van der Waals surface area contributed by atoms with Crippen molar-refractivity contribution in [3.63, 3.8) is 0 Å². The number of nitro groups is 1. The average Bonchev–Trinajstić information content (AvgIpc) is 2.95. The van der Waals surface area contributed by atoms with E-state index in [9.17, 15) is 14.9 Å².